The number of rotatable bonds is 1. The van der Waals surface area contributed by atoms with E-state index in [1.54, 1.807) is 13.0 Å². The molecule has 0 aromatic heterocycles. The summed E-state index contributed by atoms with van der Waals surface area (Å²) < 4.78 is 37.5. The van der Waals surface area contributed by atoms with E-state index in [-0.39, 0.29) is 5.56 Å². The van der Waals surface area contributed by atoms with Crippen molar-refractivity contribution in [2.45, 2.75) is 24.9 Å². The Morgan fingerprint density at radius 2 is 1.79 bits per heavy atom. The van der Waals surface area contributed by atoms with Gasteiger partial charge in [0.25, 0.3) is 0 Å². The Labute approximate surface area is 84.6 Å². The van der Waals surface area contributed by atoms with Crippen LogP contribution in [0.3, 0.4) is 0 Å². The largest absolute Gasteiger partial charge is 0.416 e. The minimum atomic E-state index is -4.30. The Hall–Kier alpha value is -0.680. The van der Waals surface area contributed by atoms with Gasteiger partial charge in [-0.15, -0.1) is 0 Å². The fraction of sp³-hybridized carbons (Fsp3) is 0.333. The minimum Gasteiger partial charge on any atom is -0.274 e. The molecule has 1 nitrogen and oxygen atoms in total. The standard InChI is InChI=1S/C9H10F3NS/c1-5-3-7(9(10,11)12)6(2)8(4-5)14-13/h3-4H,13H2,1-2H3. The van der Waals surface area contributed by atoms with Gasteiger partial charge < -0.3 is 0 Å². The van der Waals surface area contributed by atoms with Gasteiger partial charge in [-0.1, -0.05) is 0 Å². The second kappa shape index (κ2) is 3.82. The maximum atomic E-state index is 12.5. The van der Waals surface area contributed by atoms with Gasteiger partial charge in [0.1, 0.15) is 0 Å². The van der Waals surface area contributed by atoms with Gasteiger partial charge in [-0.05, 0) is 49.1 Å². The summed E-state index contributed by atoms with van der Waals surface area (Å²) in [6, 6.07) is 2.78. The fourth-order valence-electron chi connectivity index (χ4n) is 1.24. The van der Waals surface area contributed by atoms with Crippen LogP contribution in [0, 0.1) is 13.8 Å². The van der Waals surface area contributed by atoms with E-state index in [9.17, 15) is 13.2 Å². The highest BCUT2D eigenvalue weighted by molar-refractivity contribution is 7.97. The molecular weight excluding hydrogens is 211 g/mol. The molecule has 2 N–H and O–H groups in total. The van der Waals surface area contributed by atoms with E-state index in [1.807, 2.05) is 0 Å². The molecule has 0 fully saturated rings. The lowest BCUT2D eigenvalue weighted by Crippen LogP contribution is -2.09. The summed E-state index contributed by atoms with van der Waals surface area (Å²) >= 11 is 0.840. The maximum Gasteiger partial charge on any atom is 0.416 e. The van der Waals surface area contributed by atoms with E-state index in [0.717, 1.165) is 18.0 Å². The first-order chi connectivity index (χ1) is 6.36. The van der Waals surface area contributed by atoms with Crippen LogP contribution in [0.1, 0.15) is 16.7 Å². The molecule has 0 atom stereocenters. The molecular formula is C9H10F3NS. The molecule has 0 aliphatic carbocycles. The molecule has 0 aliphatic rings. The summed E-state index contributed by atoms with van der Waals surface area (Å²) in [5.74, 6) is 0. The molecule has 1 aromatic carbocycles. The van der Waals surface area contributed by atoms with E-state index >= 15 is 0 Å². The molecule has 1 aromatic rings. The van der Waals surface area contributed by atoms with Crippen molar-refractivity contribution >= 4 is 11.9 Å². The second-order valence-electron chi connectivity index (χ2n) is 3.05. The number of aryl methyl sites for hydroxylation is 1. The van der Waals surface area contributed by atoms with Crippen LogP contribution < -0.4 is 5.14 Å². The summed E-state index contributed by atoms with van der Waals surface area (Å²) in [6.45, 7) is 3.05. The van der Waals surface area contributed by atoms with Crippen LogP contribution in [0.5, 0.6) is 0 Å². The lowest BCUT2D eigenvalue weighted by atomic mass is 10.1. The average Bonchev–Trinajstić information content (AvgIpc) is 2.06. The molecule has 1 rings (SSSR count). The first-order valence-electron chi connectivity index (χ1n) is 3.91. The van der Waals surface area contributed by atoms with Crippen LogP contribution in [0.15, 0.2) is 17.0 Å². The van der Waals surface area contributed by atoms with Crippen molar-refractivity contribution < 1.29 is 13.2 Å². The zero-order valence-corrected chi connectivity index (χ0v) is 8.59. The number of hydrogen-bond acceptors (Lipinski definition) is 2. The van der Waals surface area contributed by atoms with E-state index in [0.29, 0.717) is 10.5 Å². The zero-order valence-electron chi connectivity index (χ0n) is 7.77. The normalized spacial score (nSPS) is 11.9. The Balaban J connectivity index is 3.37. The van der Waals surface area contributed by atoms with Crippen LogP contribution in [0.2, 0.25) is 0 Å². The molecule has 0 heterocycles. The summed E-state index contributed by atoms with van der Waals surface area (Å²) in [7, 11) is 0. The fourth-order valence-corrected chi connectivity index (χ4v) is 1.78. The van der Waals surface area contributed by atoms with Crippen LogP contribution >= 0.6 is 11.9 Å². The number of halogens is 3. The highest BCUT2D eigenvalue weighted by atomic mass is 32.2. The molecule has 78 valence electrons. The monoisotopic (exact) mass is 221 g/mol. The molecule has 0 saturated heterocycles. The molecule has 0 bridgehead atoms. The molecule has 0 amide bonds. The summed E-state index contributed by atoms with van der Waals surface area (Å²) in [5, 5.41) is 5.28. The molecule has 0 saturated carbocycles. The topological polar surface area (TPSA) is 26.0 Å². The molecule has 0 aliphatic heterocycles. The van der Waals surface area contributed by atoms with Crippen molar-refractivity contribution in [1.82, 2.24) is 0 Å². The van der Waals surface area contributed by atoms with Gasteiger partial charge >= 0.3 is 6.18 Å². The average molecular weight is 221 g/mol. The van der Waals surface area contributed by atoms with Gasteiger partial charge in [0.05, 0.1) is 5.56 Å². The summed E-state index contributed by atoms with van der Waals surface area (Å²) in [6.07, 6.45) is -4.30. The van der Waals surface area contributed by atoms with Crippen LogP contribution in [-0.4, -0.2) is 0 Å². The van der Waals surface area contributed by atoms with Crippen LogP contribution in [0.25, 0.3) is 0 Å². The van der Waals surface area contributed by atoms with E-state index < -0.39 is 11.7 Å². The first-order valence-corrected chi connectivity index (χ1v) is 4.79. The quantitative estimate of drug-likeness (QED) is 0.736. The molecule has 14 heavy (non-hydrogen) atoms. The predicted molar refractivity (Wildman–Crippen MR) is 51.0 cm³/mol. The Bertz CT molecular complexity index is 347. The third-order valence-electron chi connectivity index (χ3n) is 1.94. The van der Waals surface area contributed by atoms with Crippen molar-refractivity contribution in [3.63, 3.8) is 0 Å². The zero-order chi connectivity index (χ0) is 10.9. The molecule has 0 radical (unpaired) electrons. The van der Waals surface area contributed by atoms with E-state index in [4.69, 9.17) is 5.14 Å². The van der Waals surface area contributed by atoms with Gasteiger partial charge in [-0.3, -0.25) is 5.14 Å². The van der Waals surface area contributed by atoms with Gasteiger partial charge in [-0.25, -0.2) is 0 Å². The van der Waals surface area contributed by atoms with Crippen molar-refractivity contribution in [2.75, 3.05) is 0 Å². The molecule has 0 unspecified atom stereocenters. The maximum absolute atomic E-state index is 12.5. The lowest BCUT2D eigenvalue weighted by Gasteiger charge is -2.13. The van der Waals surface area contributed by atoms with Crippen LogP contribution in [-0.2, 0) is 6.18 Å². The first kappa shape index (κ1) is 11.4. The summed E-state index contributed by atoms with van der Waals surface area (Å²) in [5.41, 5.74) is 0.150. The Kier molecular flexibility index (Phi) is 3.11. The van der Waals surface area contributed by atoms with Crippen molar-refractivity contribution in [2.24, 2.45) is 5.14 Å². The number of benzene rings is 1. The number of hydrogen-bond donors (Lipinski definition) is 1. The highest BCUT2D eigenvalue weighted by Crippen LogP contribution is 2.35. The predicted octanol–water partition coefficient (Wildman–Crippen LogP) is 3.29. The van der Waals surface area contributed by atoms with Crippen LogP contribution in [0.4, 0.5) is 13.2 Å². The lowest BCUT2D eigenvalue weighted by molar-refractivity contribution is -0.138. The van der Waals surface area contributed by atoms with Crippen molar-refractivity contribution in [3.8, 4) is 0 Å². The van der Waals surface area contributed by atoms with Gasteiger partial charge in [0, 0.05) is 4.90 Å². The summed E-state index contributed by atoms with van der Waals surface area (Å²) in [4.78, 5) is 0.470. The number of alkyl halides is 3. The SMILES string of the molecule is Cc1cc(SN)c(C)c(C(F)(F)F)c1. The van der Waals surface area contributed by atoms with Gasteiger partial charge in [-0.2, -0.15) is 13.2 Å². The van der Waals surface area contributed by atoms with E-state index in [1.165, 1.54) is 6.92 Å². The Morgan fingerprint density at radius 1 is 1.21 bits per heavy atom. The third-order valence-corrected chi connectivity index (χ3v) is 2.61. The van der Waals surface area contributed by atoms with E-state index in [2.05, 4.69) is 0 Å². The third kappa shape index (κ3) is 2.22. The molecule has 0 spiro atoms. The number of nitrogens with two attached hydrogens (primary N) is 1. The second-order valence-corrected chi connectivity index (χ2v) is 3.73. The van der Waals surface area contributed by atoms with Crippen molar-refractivity contribution in [3.05, 3.63) is 28.8 Å². The smallest absolute Gasteiger partial charge is 0.274 e. The highest BCUT2D eigenvalue weighted by Gasteiger charge is 2.33. The minimum absolute atomic E-state index is 0.190. The molecule has 5 heteroatoms. The van der Waals surface area contributed by atoms with Crippen molar-refractivity contribution in [1.29, 1.82) is 0 Å². The van der Waals surface area contributed by atoms with Gasteiger partial charge in [0.15, 0.2) is 0 Å². The Morgan fingerprint density at radius 3 is 2.21 bits per heavy atom. The van der Waals surface area contributed by atoms with Gasteiger partial charge in [0.2, 0.25) is 0 Å².